The quantitative estimate of drug-likeness (QED) is 0.512. The Hall–Kier alpha value is 0.0569. The fourth-order valence-electron chi connectivity index (χ4n) is 1.41. The summed E-state index contributed by atoms with van der Waals surface area (Å²) in [6, 6.07) is 0. The number of unbranched alkanes of at least 4 members (excludes halogenated alkanes) is 1. The first-order chi connectivity index (χ1) is 7.06. The molecule has 1 fully saturated rings. The van der Waals surface area contributed by atoms with Crippen molar-refractivity contribution < 1.29 is 18.8 Å². The van der Waals surface area contributed by atoms with Gasteiger partial charge < -0.3 is 18.8 Å². The molecule has 1 saturated carbocycles. The van der Waals surface area contributed by atoms with Crippen LogP contribution in [0, 0.1) is 0 Å². The van der Waals surface area contributed by atoms with Crippen molar-refractivity contribution in [2.75, 3.05) is 6.61 Å². The van der Waals surface area contributed by atoms with Crippen LogP contribution in [0.2, 0.25) is 0 Å². The molecule has 0 heterocycles. The van der Waals surface area contributed by atoms with Gasteiger partial charge in [-0.05, 0) is 6.42 Å². The van der Waals surface area contributed by atoms with Gasteiger partial charge in [0.15, 0.2) is 0 Å². The maximum atomic E-state index is 8.27. The Morgan fingerprint density at radius 1 is 0.933 bits per heavy atom. The third-order valence-electron chi connectivity index (χ3n) is 2.29. The summed E-state index contributed by atoms with van der Waals surface area (Å²) in [4.78, 5) is 24.8. The minimum absolute atomic E-state index is 0.215. The minimum Gasteiger partial charge on any atom is -0.368 e. The van der Waals surface area contributed by atoms with Gasteiger partial charge in [-0.15, -0.1) is 0 Å². The van der Waals surface area contributed by atoms with Gasteiger partial charge in [-0.1, -0.05) is 51.9 Å². The molecule has 0 aromatic rings. The summed E-state index contributed by atoms with van der Waals surface area (Å²) in [6.45, 7) is 2.16. The molecule has 1 rings (SSSR count). The molecule has 0 unspecified atom stereocenters. The average Bonchev–Trinajstić information content (AvgIpc) is 2.20. The first-order valence-electron chi connectivity index (χ1n) is 5.87. The van der Waals surface area contributed by atoms with E-state index in [1.54, 1.807) is 0 Å². The summed E-state index contributed by atoms with van der Waals surface area (Å²) in [5, 5.41) is 0. The number of rotatable bonds is 4. The van der Waals surface area contributed by atoms with E-state index in [2.05, 4.69) is 4.43 Å². The van der Waals surface area contributed by atoms with Gasteiger partial charge in [-0.2, -0.15) is 0 Å². The van der Waals surface area contributed by atoms with Crippen molar-refractivity contribution in [2.45, 2.75) is 58.3 Å². The van der Waals surface area contributed by atoms with E-state index in [1.165, 1.54) is 38.5 Å². The summed E-state index contributed by atoms with van der Waals surface area (Å²) >= 11 is 0. The van der Waals surface area contributed by atoms with Gasteiger partial charge in [-0.3, -0.25) is 0 Å². The molecule has 4 nitrogen and oxygen atoms in total. The van der Waals surface area contributed by atoms with Crippen LogP contribution in [0.4, 0.5) is 0 Å². The zero-order valence-corrected chi connectivity index (χ0v) is 10.6. The molecule has 0 aliphatic heterocycles. The molecule has 0 amide bonds. The van der Waals surface area contributed by atoms with Crippen LogP contribution < -0.4 is 0 Å². The van der Waals surface area contributed by atoms with E-state index in [9.17, 15) is 0 Å². The van der Waals surface area contributed by atoms with E-state index in [0.29, 0.717) is 0 Å². The highest BCUT2D eigenvalue weighted by molar-refractivity contribution is 6.48. The lowest BCUT2D eigenvalue weighted by Crippen LogP contribution is -2.39. The highest BCUT2D eigenvalue weighted by Gasteiger charge is 2.29. The normalized spacial score (nSPS) is 16.8. The van der Waals surface area contributed by atoms with Gasteiger partial charge in [-0.25, -0.2) is 0 Å². The fraction of sp³-hybridized carbons (Fsp3) is 1.00. The van der Waals surface area contributed by atoms with Crippen LogP contribution in [0.25, 0.3) is 0 Å². The van der Waals surface area contributed by atoms with Gasteiger partial charge in [0.05, 0.1) is 0 Å². The molecule has 0 saturated heterocycles. The number of hydrogen-bond acceptors (Lipinski definition) is 4. The van der Waals surface area contributed by atoms with E-state index in [0.717, 1.165) is 12.8 Å². The zero-order valence-electron chi connectivity index (χ0n) is 9.61. The second-order valence-corrected chi connectivity index (χ2v) is 5.33. The van der Waals surface area contributed by atoms with Gasteiger partial charge >= 0.3 is 9.05 Å². The molecule has 5 heteroatoms. The largest absolute Gasteiger partial charge is 0.671 e. The summed E-state index contributed by atoms with van der Waals surface area (Å²) in [5.41, 5.74) is 0. The van der Waals surface area contributed by atoms with Gasteiger partial charge in [0.1, 0.15) is 0 Å². The third kappa shape index (κ3) is 14.1. The Morgan fingerprint density at radius 3 is 1.60 bits per heavy atom. The standard InChI is InChI=1S/C6H12.C4H12O4Si/c1-2-4-6-5-3-1;1-2-3-4-8-9(5,6)7/h1-6H2;5-7H,2-4H2,1H3. The van der Waals surface area contributed by atoms with Crippen molar-refractivity contribution in [2.24, 2.45) is 0 Å². The predicted molar refractivity (Wildman–Crippen MR) is 61.0 cm³/mol. The molecule has 0 bridgehead atoms. The van der Waals surface area contributed by atoms with E-state index >= 15 is 0 Å². The molecule has 3 N–H and O–H groups in total. The SMILES string of the molecule is C1CCCCC1.CCCCO[Si](O)(O)O. The molecule has 0 atom stereocenters. The summed E-state index contributed by atoms with van der Waals surface area (Å²) in [5.74, 6) is 0. The fourth-order valence-corrected chi connectivity index (χ4v) is 1.83. The Labute approximate surface area is 93.4 Å². The Balaban J connectivity index is 0.000000280. The molecule has 0 radical (unpaired) electrons. The van der Waals surface area contributed by atoms with Crippen molar-refractivity contribution >= 4 is 9.05 Å². The van der Waals surface area contributed by atoms with Crippen LogP contribution in [0.1, 0.15) is 58.3 Å². The Morgan fingerprint density at radius 2 is 1.33 bits per heavy atom. The maximum Gasteiger partial charge on any atom is 0.671 e. The molecule has 0 spiro atoms. The van der Waals surface area contributed by atoms with Crippen molar-refractivity contribution in [3.8, 4) is 0 Å². The monoisotopic (exact) mass is 236 g/mol. The van der Waals surface area contributed by atoms with Crippen molar-refractivity contribution in [1.82, 2.24) is 0 Å². The molecular formula is C10H24O4Si. The van der Waals surface area contributed by atoms with Gasteiger partial charge in [0.2, 0.25) is 0 Å². The second-order valence-electron chi connectivity index (χ2n) is 3.90. The van der Waals surface area contributed by atoms with Crippen LogP contribution in [0.3, 0.4) is 0 Å². The van der Waals surface area contributed by atoms with Crippen LogP contribution in [-0.4, -0.2) is 30.0 Å². The average molecular weight is 236 g/mol. The molecule has 0 aromatic carbocycles. The van der Waals surface area contributed by atoms with Gasteiger partial charge in [0.25, 0.3) is 0 Å². The predicted octanol–water partition coefficient (Wildman–Crippen LogP) is 1.56. The minimum atomic E-state index is -4.19. The number of hydrogen-bond donors (Lipinski definition) is 3. The van der Waals surface area contributed by atoms with E-state index in [-0.39, 0.29) is 6.61 Å². The van der Waals surface area contributed by atoms with Crippen LogP contribution >= 0.6 is 0 Å². The summed E-state index contributed by atoms with van der Waals surface area (Å²) in [7, 11) is -4.19. The van der Waals surface area contributed by atoms with Crippen molar-refractivity contribution in [1.29, 1.82) is 0 Å². The van der Waals surface area contributed by atoms with Crippen molar-refractivity contribution in [3.63, 3.8) is 0 Å². The van der Waals surface area contributed by atoms with E-state index in [4.69, 9.17) is 14.4 Å². The smallest absolute Gasteiger partial charge is 0.368 e. The summed E-state index contributed by atoms with van der Waals surface area (Å²) in [6.07, 6.45) is 10.6. The van der Waals surface area contributed by atoms with Crippen LogP contribution in [0.5, 0.6) is 0 Å². The second kappa shape index (κ2) is 9.29. The Kier molecular flexibility index (Phi) is 9.33. The molecule has 1 aliphatic rings. The van der Waals surface area contributed by atoms with E-state index in [1.807, 2.05) is 6.92 Å². The molecule has 1 aliphatic carbocycles. The third-order valence-corrected chi connectivity index (χ3v) is 2.89. The zero-order chi connectivity index (χ0) is 11.6. The van der Waals surface area contributed by atoms with Crippen LogP contribution in [0.15, 0.2) is 0 Å². The van der Waals surface area contributed by atoms with Crippen LogP contribution in [-0.2, 0) is 4.43 Å². The van der Waals surface area contributed by atoms with Gasteiger partial charge in [0, 0.05) is 6.61 Å². The lowest BCUT2D eigenvalue weighted by Gasteiger charge is -2.07. The van der Waals surface area contributed by atoms with E-state index < -0.39 is 9.05 Å². The topological polar surface area (TPSA) is 69.9 Å². The first kappa shape index (κ1) is 15.1. The molecule has 15 heavy (non-hydrogen) atoms. The highest BCUT2D eigenvalue weighted by Crippen LogP contribution is 2.15. The molecule has 92 valence electrons. The summed E-state index contributed by atoms with van der Waals surface area (Å²) < 4.78 is 4.28. The first-order valence-corrected chi connectivity index (χ1v) is 7.62. The highest BCUT2D eigenvalue weighted by atomic mass is 28.4. The molecule has 0 aromatic heterocycles. The lowest BCUT2D eigenvalue weighted by molar-refractivity contribution is 0.0623. The Bertz CT molecular complexity index is 120. The lowest BCUT2D eigenvalue weighted by atomic mass is 10.0. The van der Waals surface area contributed by atoms with Crippen molar-refractivity contribution in [3.05, 3.63) is 0 Å². The maximum absolute atomic E-state index is 8.27. The molecular weight excluding hydrogens is 212 g/mol.